The lowest BCUT2D eigenvalue weighted by molar-refractivity contribution is 0.262. The lowest BCUT2D eigenvalue weighted by Crippen LogP contribution is -2.47. The number of rotatable bonds is 5. The molecule has 1 fully saturated rings. The van der Waals surface area contributed by atoms with Crippen LogP contribution in [0.4, 0.5) is 28.1 Å². The summed E-state index contributed by atoms with van der Waals surface area (Å²) in [5, 5.41) is 8.19. The monoisotopic (exact) mass is 458 g/mol. The summed E-state index contributed by atoms with van der Waals surface area (Å²) in [5.74, 6) is 2.81. The second-order valence-corrected chi connectivity index (χ2v) is 8.25. The predicted molar refractivity (Wildman–Crippen MR) is 131 cm³/mol. The summed E-state index contributed by atoms with van der Waals surface area (Å²) in [6.07, 6.45) is 5.25. The molecule has 0 aliphatic carbocycles. The summed E-state index contributed by atoms with van der Waals surface area (Å²) in [5.41, 5.74) is 0.959. The Morgan fingerprint density at radius 3 is 2.27 bits per heavy atom. The molecule has 33 heavy (non-hydrogen) atoms. The number of piperazine rings is 1. The highest BCUT2D eigenvalue weighted by Gasteiger charge is 2.19. The molecule has 5 rings (SSSR count). The van der Waals surface area contributed by atoms with E-state index in [1.807, 2.05) is 48.7 Å². The molecule has 0 spiro atoms. The third-order valence-corrected chi connectivity index (χ3v) is 6.12. The van der Waals surface area contributed by atoms with E-state index in [4.69, 9.17) is 0 Å². The number of anilines is 4. The van der Waals surface area contributed by atoms with E-state index in [0.29, 0.717) is 11.6 Å². The Morgan fingerprint density at radius 2 is 1.52 bits per heavy atom. The summed E-state index contributed by atoms with van der Waals surface area (Å²) in [6.45, 7) is 3.38. The van der Waals surface area contributed by atoms with Gasteiger partial charge in [0.2, 0.25) is 0 Å². The quantitative estimate of drug-likeness (QED) is 0.467. The van der Waals surface area contributed by atoms with Crippen molar-refractivity contribution in [1.82, 2.24) is 19.9 Å². The summed E-state index contributed by atoms with van der Waals surface area (Å²) in [4.78, 5) is 34.5. The van der Waals surface area contributed by atoms with Crippen LogP contribution >= 0.6 is 11.3 Å². The van der Waals surface area contributed by atoms with Gasteiger partial charge in [-0.2, -0.15) is 0 Å². The number of hydrogen-bond acceptors (Lipinski definition) is 8. The highest BCUT2D eigenvalue weighted by Crippen LogP contribution is 2.25. The average Bonchev–Trinajstić information content (AvgIpc) is 3.34. The highest BCUT2D eigenvalue weighted by atomic mass is 32.1. The number of carbonyl (C=O) groups is 1. The number of amides is 2. The van der Waals surface area contributed by atoms with E-state index in [1.54, 1.807) is 23.8 Å². The van der Waals surface area contributed by atoms with Gasteiger partial charge in [0, 0.05) is 55.7 Å². The lowest BCUT2D eigenvalue weighted by Gasteiger charge is -2.36. The molecule has 0 bridgehead atoms. The molecule has 0 radical (unpaired) electrons. The molecule has 0 saturated carbocycles. The van der Waals surface area contributed by atoms with E-state index in [2.05, 4.69) is 40.4 Å². The van der Waals surface area contributed by atoms with Gasteiger partial charge in [-0.25, -0.2) is 19.7 Å². The fourth-order valence-corrected chi connectivity index (χ4v) is 4.35. The molecule has 0 aromatic carbocycles. The molecule has 1 aliphatic heterocycles. The van der Waals surface area contributed by atoms with Gasteiger partial charge in [-0.1, -0.05) is 12.1 Å². The average molecular weight is 459 g/mol. The smallest absolute Gasteiger partial charge is 0.326 e. The fraction of sp³-hybridized carbons (Fsp3) is 0.174. The van der Waals surface area contributed by atoms with Crippen LogP contribution in [0.5, 0.6) is 0 Å². The molecule has 5 heterocycles. The van der Waals surface area contributed by atoms with Gasteiger partial charge in [-0.3, -0.25) is 15.6 Å². The number of nitrogens with one attached hydrogen (secondary N) is 2. The molecule has 10 heteroatoms. The molecule has 1 aliphatic rings. The molecule has 4 aromatic heterocycles. The van der Waals surface area contributed by atoms with Crippen molar-refractivity contribution in [3.05, 3.63) is 72.5 Å². The van der Waals surface area contributed by atoms with E-state index >= 15 is 0 Å². The summed E-state index contributed by atoms with van der Waals surface area (Å²) < 4.78 is 0. The lowest BCUT2D eigenvalue weighted by atomic mass is 10.3. The Morgan fingerprint density at radius 1 is 0.788 bits per heavy atom. The van der Waals surface area contributed by atoms with E-state index in [0.717, 1.165) is 48.4 Å². The van der Waals surface area contributed by atoms with Gasteiger partial charge >= 0.3 is 6.03 Å². The second-order valence-electron chi connectivity index (χ2n) is 7.40. The molecule has 0 unspecified atom stereocenters. The molecule has 2 amide bonds. The van der Waals surface area contributed by atoms with Gasteiger partial charge in [0.05, 0.1) is 0 Å². The van der Waals surface area contributed by atoms with Gasteiger partial charge in [-0.05, 0) is 36.4 Å². The molecule has 2 N–H and O–H groups in total. The van der Waals surface area contributed by atoms with Crippen LogP contribution in [0.2, 0.25) is 0 Å². The first-order valence-electron chi connectivity index (χ1n) is 10.6. The summed E-state index contributed by atoms with van der Waals surface area (Å²) in [6, 6.07) is 15.0. The minimum Gasteiger partial charge on any atom is -0.353 e. The molecule has 1 saturated heterocycles. The third-order valence-electron chi connectivity index (χ3n) is 5.23. The van der Waals surface area contributed by atoms with Crippen molar-refractivity contribution < 1.29 is 4.79 Å². The highest BCUT2D eigenvalue weighted by molar-refractivity contribution is 7.13. The number of aromatic nitrogens is 4. The van der Waals surface area contributed by atoms with Crippen molar-refractivity contribution in [2.75, 3.05) is 46.6 Å². The van der Waals surface area contributed by atoms with Crippen LogP contribution < -0.4 is 20.4 Å². The maximum absolute atomic E-state index is 12.5. The van der Waals surface area contributed by atoms with E-state index < -0.39 is 0 Å². The van der Waals surface area contributed by atoms with Crippen LogP contribution in [0.15, 0.2) is 72.5 Å². The van der Waals surface area contributed by atoms with Crippen LogP contribution in [0.25, 0.3) is 10.6 Å². The van der Waals surface area contributed by atoms with E-state index in [-0.39, 0.29) is 6.03 Å². The molecule has 4 aromatic rings. The fourth-order valence-electron chi connectivity index (χ4n) is 3.60. The third kappa shape index (κ3) is 5.07. The van der Waals surface area contributed by atoms with Crippen molar-refractivity contribution in [2.45, 2.75) is 0 Å². The number of carbonyl (C=O) groups excluding carboxylic acids is 1. The zero-order chi connectivity index (χ0) is 22.5. The van der Waals surface area contributed by atoms with Gasteiger partial charge in [-0.15, -0.1) is 11.3 Å². The topological polar surface area (TPSA) is 99.2 Å². The molecule has 0 atom stereocenters. The molecule has 9 nitrogen and oxygen atoms in total. The molecule has 166 valence electrons. The predicted octanol–water partition coefficient (Wildman–Crippen LogP) is 3.97. The van der Waals surface area contributed by atoms with Gasteiger partial charge in [0.1, 0.15) is 28.3 Å². The number of urea groups is 1. The van der Waals surface area contributed by atoms with Crippen LogP contribution in [0.1, 0.15) is 0 Å². The Labute approximate surface area is 195 Å². The molecular weight excluding hydrogens is 436 g/mol. The summed E-state index contributed by atoms with van der Waals surface area (Å²) in [7, 11) is 0. The zero-order valence-electron chi connectivity index (χ0n) is 17.8. The zero-order valence-corrected chi connectivity index (χ0v) is 18.6. The van der Waals surface area contributed by atoms with Crippen molar-refractivity contribution in [2.24, 2.45) is 0 Å². The van der Waals surface area contributed by atoms with Gasteiger partial charge in [0.25, 0.3) is 0 Å². The van der Waals surface area contributed by atoms with Crippen LogP contribution in [0, 0.1) is 0 Å². The number of hydrogen-bond donors (Lipinski definition) is 2. The Hall–Kier alpha value is -4.05. The minimum atomic E-state index is -0.383. The van der Waals surface area contributed by atoms with Crippen molar-refractivity contribution in [1.29, 1.82) is 0 Å². The van der Waals surface area contributed by atoms with Gasteiger partial charge in [0.15, 0.2) is 0 Å². The van der Waals surface area contributed by atoms with Crippen molar-refractivity contribution >= 4 is 40.6 Å². The first-order valence-corrected chi connectivity index (χ1v) is 11.4. The standard InChI is InChI=1S/C23H22N8OS/c32-23(29-19-16-33-22(27-19)17-7-10-24-11-8-17)28-18-4-3-6-21(26-18)31-14-12-30(13-15-31)20-5-1-2-9-25-20/h1-11,16H,12-15H2,(H2,26,28,29,32). The minimum absolute atomic E-state index is 0.383. The van der Waals surface area contributed by atoms with Crippen molar-refractivity contribution in [3.63, 3.8) is 0 Å². The Kier molecular flexibility index (Phi) is 6.07. The van der Waals surface area contributed by atoms with E-state index in [9.17, 15) is 4.79 Å². The molecular formula is C23H22N8OS. The van der Waals surface area contributed by atoms with Crippen molar-refractivity contribution in [3.8, 4) is 10.6 Å². The number of thiazole rings is 1. The van der Waals surface area contributed by atoms with E-state index in [1.165, 1.54) is 11.3 Å². The largest absolute Gasteiger partial charge is 0.353 e. The van der Waals surface area contributed by atoms with Crippen LogP contribution in [0.3, 0.4) is 0 Å². The Bertz CT molecular complexity index is 1210. The first kappa shape index (κ1) is 20.8. The van der Waals surface area contributed by atoms with Crippen LogP contribution in [-0.2, 0) is 0 Å². The summed E-state index contributed by atoms with van der Waals surface area (Å²) >= 11 is 1.46. The number of pyridine rings is 3. The SMILES string of the molecule is O=C(Nc1cccc(N2CCN(c3ccccn3)CC2)n1)Nc1csc(-c2ccncc2)n1. The maximum atomic E-state index is 12.5. The maximum Gasteiger partial charge on any atom is 0.326 e. The normalized spacial score (nSPS) is 13.6. The van der Waals surface area contributed by atoms with Gasteiger partial charge < -0.3 is 9.80 Å². The second kappa shape index (κ2) is 9.61. The Balaban J connectivity index is 1.18. The van der Waals surface area contributed by atoms with Crippen LogP contribution in [-0.4, -0.2) is 52.1 Å². The first-order chi connectivity index (χ1) is 16.2. The number of nitrogens with zero attached hydrogens (tertiary/aromatic N) is 6.